The minimum atomic E-state index is -4.65. The molecule has 1 nitrogen and oxygen atoms in total. The summed E-state index contributed by atoms with van der Waals surface area (Å²) in [4.78, 5) is 0. The predicted molar refractivity (Wildman–Crippen MR) is 63.8 cm³/mol. The van der Waals surface area contributed by atoms with E-state index in [1.165, 1.54) is 12.1 Å². The third-order valence-electron chi connectivity index (χ3n) is 2.84. The molecule has 0 aliphatic carbocycles. The fraction of sp³-hybridized carbons (Fsp3) is 0.143. The van der Waals surface area contributed by atoms with Gasteiger partial charge in [-0.1, -0.05) is 12.1 Å². The zero-order chi connectivity index (χ0) is 14.9. The molecule has 0 aromatic heterocycles. The van der Waals surface area contributed by atoms with Gasteiger partial charge in [-0.3, -0.25) is 0 Å². The number of benzene rings is 2. The highest BCUT2D eigenvalue weighted by molar-refractivity contribution is 5.35. The molecule has 0 radical (unpaired) electrons. The van der Waals surface area contributed by atoms with E-state index in [-0.39, 0.29) is 5.56 Å². The molecule has 6 heteroatoms. The van der Waals surface area contributed by atoms with E-state index in [9.17, 15) is 22.0 Å². The van der Waals surface area contributed by atoms with E-state index >= 15 is 0 Å². The average molecular weight is 287 g/mol. The summed E-state index contributed by atoms with van der Waals surface area (Å²) in [7, 11) is 0. The molecule has 2 aromatic carbocycles. The third kappa shape index (κ3) is 3.14. The zero-order valence-corrected chi connectivity index (χ0v) is 10.1. The highest BCUT2D eigenvalue weighted by atomic mass is 19.4. The fourth-order valence-electron chi connectivity index (χ4n) is 1.82. The van der Waals surface area contributed by atoms with Crippen LogP contribution in [0.25, 0.3) is 0 Å². The summed E-state index contributed by atoms with van der Waals surface area (Å²) in [6, 6.07) is 6.13. The maximum atomic E-state index is 13.3. The summed E-state index contributed by atoms with van der Waals surface area (Å²) in [6.45, 7) is 0. The van der Waals surface area contributed by atoms with E-state index in [0.717, 1.165) is 24.3 Å². The van der Waals surface area contributed by atoms with Crippen LogP contribution in [0.5, 0.6) is 0 Å². The van der Waals surface area contributed by atoms with Crippen LogP contribution < -0.4 is 5.73 Å². The first-order valence-electron chi connectivity index (χ1n) is 5.66. The van der Waals surface area contributed by atoms with Crippen molar-refractivity contribution in [3.8, 4) is 0 Å². The van der Waals surface area contributed by atoms with Crippen molar-refractivity contribution in [2.24, 2.45) is 5.73 Å². The predicted octanol–water partition coefficient (Wildman–Crippen LogP) is 4.03. The number of halogens is 5. The van der Waals surface area contributed by atoms with Crippen LogP contribution in [-0.4, -0.2) is 0 Å². The standard InChI is InChI=1S/C14H10F5N/c15-11-3-1-8(2-4-11)13(20)9-5-10(14(17,18)19)7-12(16)6-9/h1-7,13H,20H2/t13-/m1/s1. The Kier molecular flexibility index (Phi) is 3.76. The minimum Gasteiger partial charge on any atom is -0.320 e. The zero-order valence-electron chi connectivity index (χ0n) is 10.1. The van der Waals surface area contributed by atoms with Crippen molar-refractivity contribution in [3.05, 3.63) is 70.8 Å². The van der Waals surface area contributed by atoms with Crippen molar-refractivity contribution in [1.29, 1.82) is 0 Å². The second kappa shape index (κ2) is 5.20. The van der Waals surface area contributed by atoms with Crippen LogP contribution in [0, 0.1) is 11.6 Å². The van der Waals surface area contributed by atoms with Gasteiger partial charge in [-0.2, -0.15) is 13.2 Å². The third-order valence-corrected chi connectivity index (χ3v) is 2.84. The van der Waals surface area contributed by atoms with E-state index in [1.54, 1.807) is 0 Å². The van der Waals surface area contributed by atoms with Crippen molar-refractivity contribution >= 4 is 0 Å². The Labute approximate surface area is 111 Å². The summed E-state index contributed by atoms with van der Waals surface area (Å²) in [5.41, 5.74) is 5.05. The van der Waals surface area contributed by atoms with Gasteiger partial charge in [0.05, 0.1) is 11.6 Å². The molecule has 20 heavy (non-hydrogen) atoms. The molecule has 106 valence electrons. The molecule has 0 saturated carbocycles. The van der Waals surface area contributed by atoms with Gasteiger partial charge in [0.2, 0.25) is 0 Å². The molecule has 0 unspecified atom stereocenters. The van der Waals surface area contributed by atoms with E-state index in [2.05, 4.69) is 0 Å². The number of hydrogen-bond donors (Lipinski definition) is 1. The lowest BCUT2D eigenvalue weighted by Crippen LogP contribution is -2.14. The molecule has 0 aliphatic rings. The van der Waals surface area contributed by atoms with Crippen LogP contribution in [0.4, 0.5) is 22.0 Å². The Morgan fingerprint density at radius 2 is 1.40 bits per heavy atom. The smallest absolute Gasteiger partial charge is 0.320 e. The van der Waals surface area contributed by atoms with Crippen LogP contribution >= 0.6 is 0 Å². The maximum absolute atomic E-state index is 13.3. The van der Waals surface area contributed by atoms with Gasteiger partial charge in [0, 0.05) is 0 Å². The van der Waals surface area contributed by atoms with Crippen molar-refractivity contribution in [2.75, 3.05) is 0 Å². The van der Waals surface area contributed by atoms with Crippen molar-refractivity contribution < 1.29 is 22.0 Å². The van der Waals surface area contributed by atoms with Crippen LogP contribution in [0.1, 0.15) is 22.7 Å². The van der Waals surface area contributed by atoms with Gasteiger partial charge in [0.1, 0.15) is 11.6 Å². The van der Waals surface area contributed by atoms with E-state index in [1.807, 2.05) is 0 Å². The monoisotopic (exact) mass is 287 g/mol. The lowest BCUT2D eigenvalue weighted by Gasteiger charge is -2.15. The summed E-state index contributed by atoms with van der Waals surface area (Å²) in [5, 5.41) is 0. The lowest BCUT2D eigenvalue weighted by molar-refractivity contribution is -0.137. The van der Waals surface area contributed by atoms with Gasteiger partial charge in [0.15, 0.2) is 0 Å². The quantitative estimate of drug-likeness (QED) is 0.829. The molecular weight excluding hydrogens is 277 g/mol. The van der Waals surface area contributed by atoms with E-state index in [4.69, 9.17) is 5.73 Å². The highest BCUT2D eigenvalue weighted by Gasteiger charge is 2.31. The molecule has 2 aromatic rings. The second-order valence-electron chi connectivity index (χ2n) is 4.30. The minimum absolute atomic E-state index is 0.0241. The van der Waals surface area contributed by atoms with Crippen LogP contribution in [0.15, 0.2) is 42.5 Å². The first-order valence-corrected chi connectivity index (χ1v) is 5.66. The topological polar surface area (TPSA) is 26.0 Å². The molecule has 0 heterocycles. The molecule has 0 amide bonds. The van der Waals surface area contributed by atoms with Gasteiger partial charge < -0.3 is 5.73 Å². The molecule has 0 fully saturated rings. The van der Waals surface area contributed by atoms with Crippen molar-refractivity contribution in [2.45, 2.75) is 12.2 Å². The number of hydrogen-bond acceptors (Lipinski definition) is 1. The average Bonchev–Trinajstić information content (AvgIpc) is 2.37. The molecule has 1 atom stereocenters. The van der Waals surface area contributed by atoms with Crippen LogP contribution in [-0.2, 0) is 6.18 Å². The molecule has 2 rings (SSSR count). The first-order chi connectivity index (χ1) is 9.27. The molecular formula is C14H10F5N. The van der Waals surface area contributed by atoms with Crippen LogP contribution in [0.3, 0.4) is 0 Å². The first kappa shape index (κ1) is 14.5. The molecule has 0 saturated heterocycles. The number of nitrogens with two attached hydrogens (primary N) is 1. The fourth-order valence-corrected chi connectivity index (χ4v) is 1.82. The lowest BCUT2D eigenvalue weighted by atomic mass is 9.97. The van der Waals surface area contributed by atoms with Gasteiger partial charge in [-0.25, -0.2) is 8.78 Å². The SMILES string of the molecule is N[C@H](c1ccc(F)cc1)c1cc(F)cc(C(F)(F)F)c1. The van der Waals surface area contributed by atoms with Crippen molar-refractivity contribution in [3.63, 3.8) is 0 Å². The van der Waals surface area contributed by atoms with Gasteiger partial charge in [-0.15, -0.1) is 0 Å². The Morgan fingerprint density at radius 3 is 1.95 bits per heavy atom. The second-order valence-corrected chi connectivity index (χ2v) is 4.30. The molecule has 0 aliphatic heterocycles. The van der Waals surface area contributed by atoms with Gasteiger partial charge in [-0.05, 0) is 41.5 Å². The molecule has 2 N–H and O–H groups in total. The summed E-state index contributed by atoms with van der Waals surface area (Å²) >= 11 is 0. The van der Waals surface area contributed by atoms with E-state index in [0.29, 0.717) is 11.6 Å². The Balaban J connectivity index is 2.42. The summed E-state index contributed by atoms with van der Waals surface area (Å²) in [5.74, 6) is -1.51. The van der Waals surface area contributed by atoms with Gasteiger partial charge >= 0.3 is 6.18 Å². The van der Waals surface area contributed by atoms with Crippen LogP contribution in [0.2, 0.25) is 0 Å². The Hall–Kier alpha value is -1.95. The molecule has 0 spiro atoms. The number of rotatable bonds is 2. The van der Waals surface area contributed by atoms with Crippen molar-refractivity contribution in [1.82, 2.24) is 0 Å². The van der Waals surface area contributed by atoms with Gasteiger partial charge in [0.25, 0.3) is 0 Å². The Morgan fingerprint density at radius 1 is 0.800 bits per heavy atom. The summed E-state index contributed by atoms with van der Waals surface area (Å²) in [6.07, 6.45) is -4.65. The normalized spacial score (nSPS) is 13.3. The van der Waals surface area contributed by atoms with E-state index < -0.39 is 29.4 Å². The molecule has 0 bridgehead atoms. The largest absolute Gasteiger partial charge is 0.416 e. The number of alkyl halides is 3. The highest BCUT2D eigenvalue weighted by Crippen LogP contribution is 2.32. The summed E-state index contributed by atoms with van der Waals surface area (Å²) < 4.78 is 63.9. The maximum Gasteiger partial charge on any atom is 0.416 e. The Bertz CT molecular complexity index is 604.